The number of hydrogen-bond acceptors (Lipinski definition) is 3. The van der Waals surface area contributed by atoms with Gasteiger partial charge < -0.3 is 15.3 Å². The minimum atomic E-state index is -1.12. The summed E-state index contributed by atoms with van der Waals surface area (Å²) in [6.45, 7) is 1.95. The van der Waals surface area contributed by atoms with Gasteiger partial charge in [-0.25, -0.2) is 4.79 Å². The van der Waals surface area contributed by atoms with E-state index in [0.29, 0.717) is 18.5 Å². The summed E-state index contributed by atoms with van der Waals surface area (Å²) in [4.78, 5) is 36.6. The van der Waals surface area contributed by atoms with Gasteiger partial charge in [-0.2, -0.15) is 0 Å². The Morgan fingerprint density at radius 2 is 1.95 bits per heavy atom. The van der Waals surface area contributed by atoms with Crippen molar-refractivity contribution in [2.24, 2.45) is 0 Å². The maximum Gasteiger partial charge on any atom is 0.330 e. The molecule has 0 aliphatic carbocycles. The molecular formula is C15H18N2O4. The third-order valence-corrected chi connectivity index (χ3v) is 3.63. The van der Waals surface area contributed by atoms with Crippen molar-refractivity contribution in [1.29, 1.82) is 0 Å². The number of nitrogens with one attached hydrogen (secondary N) is 1. The van der Waals surface area contributed by atoms with Gasteiger partial charge in [0, 0.05) is 13.5 Å². The Morgan fingerprint density at radius 1 is 1.29 bits per heavy atom. The lowest BCUT2D eigenvalue weighted by Crippen LogP contribution is -2.47. The van der Waals surface area contributed by atoms with Gasteiger partial charge in [-0.1, -0.05) is 30.3 Å². The molecule has 1 unspecified atom stereocenters. The summed E-state index contributed by atoms with van der Waals surface area (Å²) in [6.07, 6.45) is 1.31. The fourth-order valence-electron chi connectivity index (χ4n) is 2.59. The average Bonchev–Trinajstić information content (AvgIpc) is 2.94. The van der Waals surface area contributed by atoms with E-state index in [2.05, 4.69) is 5.32 Å². The van der Waals surface area contributed by atoms with Crippen LogP contribution in [0.1, 0.15) is 31.4 Å². The third kappa shape index (κ3) is 3.39. The predicted octanol–water partition coefficient (Wildman–Crippen LogP) is 0.939. The van der Waals surface area contributed by atoms with Crippen molar-refractivity contribution in [2.45, 2.75) is 31.8 Å². The quantitative estimate of drug-likeness (QED) is 0.864. The van der Waals surface area contributed by atoms with Crippen molar-refractivity contribution in [3.05, 3.63) is 35.9 Å². The number of likely N-dealkylation sites (tertiary alicyclic amines) is 1. The first-order chi connectivity index (χ1) is 10.0. The first kappa shape index (κ1) is 15.0. The average molecular weight is 290 g/mol. The number of amides is 2. The highest BCUT2D eigenvalue weighted by Gasteiger charge is 2.34. The molecule has 1 fully saturated rings. The van der Waals surface area contributed by atoms with Crippen LogP contribution in [0.25, 0.3) is 0 Å². The van der Waals surface area contributed by atoms with E-state index in [1.807, 2.05) is 0 Å². The minimum Gasteiger partial charge on any atom is -0.479 e. The molecule has 2 atom stereocenters. The molecule has 1 aliphatic rings. The van der Waals surface area contributed by atoms with Crippen molar-refractivity contribution >= 4 is 17.8 Å². The molecule has 0 saturated carbocycles. The van der Waals surface area contributed by atoms with Gasteiger partial charge in [0.05, 0.1) is 0 Å². The Morgan fingerprint density at radius 3 is 2.52 bits per heavy atom. The SMILES string of the molecule is CC(=O)N1CCCC1C(=O)N[C@H](C(=O)O)c1ccccc1. The molecule has 0 bridgehead atoms. The van der Waals surface area contributed by atoms with E-state index >= 15 is 0 Å². The van der Waals surface area contributed by atoms with Crippen LogP contribution in [-0.4, -0.2) is 40.4 Å². The second kappa shape index (κ2) is 6.39. The lowest BCUT2D eigenvalue weighted by Gasteiger charge is -2.24. The van der Waals surface area contributed by atoms with Crippen LogP contribution in [0.4, 0.5) is 0 Å². The molecule has 1 aromatic carbocycles. The van der Waals surface area contributed by atoms with Crippen molar-refractivity contribution in [3.63, 3.8) is 0 Å². The van der Waals surface area contributed by atoms with E-state index in [1.165, 1.54) is 11.8 Å². The maximum atomic E-state index is 12.3. The Bertz CT molecular complexity index is 544. The van der Waals surface area contributed by atoms with E-state index in [4.69, 9.17) is 0 Å². The van der Waals surface area contributed by atoms with Crippen LogP contribution in [0.15, 0.2) is 30.3 Å². The van der Waals surface area contributed by atoms with Crippen molar-refractivity contribution in [3.8, 4) is 0 Å². The van der Waals surface area contributed by atoms with E-state index in [0.717, 1.165) is 6.42 Å². The van der Waals surface area contributed by atoms with Gasteiger partial charge in [-0.05, 0) is 18.4 Å². The molecule has 1 saturated heterocycles. The van der Waals surface area contributed by atoms with Gasteiger partial charge in [0.2, 0.25) is 11.8 Å². The number of aliphatic carboxylic acids is 1. The predicted molar refractivity (Wildman–Crippen MR) is 75.4 cm³/mol. The largest absolute Gasteiger partial charge is 0.479 e. The Hall–Kier alpha value is -2.37. The summed E-state index contributed by atoms with van der Waals surface area (Å²) in [5.41, 5.74) is 0.505. The number of carbonyl (C=O) groups excluding carboxylic acids is 2. The summed E-state index contributed by atoms with van der Waals surface area (Å²) < 4.78 is 0. The highest BCUT2D eigenvalue weighted by Crippen LogP contribution is 2.19. The Labute approximate surface area is 122 Å². The number of rotatable bonds is 4. The van der Waals surface area contributed by atoms with Crippen LogP contribution in [0.2, 0.25) is 0 Å². The summed E-state index contributed by atoms with van der Waals surface area (Å²) in [5, 5.41) is 11.8. The van der Waals surface area contributed by atoms with Crippen LogP contribution in [0.5, 0.6) is 0 Å². The number of nitrogens with zero attached hydrogens (tertiary/aromatic N) is 1. The van der Waals surface area contributed by atoms with Gasteiger partial charge in [-0.3, -0.25) is 9.59 Å². The van der Waals surface area contributed by atoms with Crippen LogP contribution in [0.3, 0.4) is 0 Å². The molecule has 2 amide bonds. The molecule has 1 heterocycles. The maximum absolute atomic E-state index is 12.3. The molecule has 1 aromatic rings. The molecule has 1 aliphatic heterocycles. The molecule has 0 radical (unpaired) electrons. The van der Waals surface area contributed by atoms with Gasteiger partial charge in [-0.15, -0.1) is 0 Å². The minimum absolute atomic E-state index is 0.167. The zero-order valence-corrected chi connectivity index (χ0v) is 11.8. The Balaban J connectivity index is 2.12. The van der Waals surface area contributed by atoms with Crippen LogP contribution >= 0.6 is 0 Å². The van der Waals surface area contributed by atoms with Crippen molar-refractivity contribution in [2.75, 3.05) is 6.54 Å². The lowest BCUT2D eigenvalue weighted by atomic mass is 10.1. The molecule has 6 nitrogen and oxygen atoms in total. The fourth-order valence-corrected chi connectivity index (χ4v) is 2.59. The first-order valence-electron chi connectivity index (χ1n) is 6.86. The first-order valence-corrected chi connectivity index (χ1v) is 6.86. The highest BCUT2D eigenvalue weighted by atomic mass is 16.4. The van der Waals surface area contributed by atoms with Crippen LogP contribution < -0.4 is 5.32 Å². The molecule has 0 aromatic heterocycles. The number of carboxylic acid groups (broad SMARTS) is 1. The second-order valence-electron chi connectivity index (χ2n) is 5.06. The van der Waals surface area contributed by atoms with Gasteiger partial charge >= 0.3 is 5.97 Å². The summed E-state index contributed by atoms with van der Waals surface area (Å²) >= 11 is 0. The number of carboxylic acids is 1. The van der Waals surface area contributed by atoms with Crippen molar-refractivity contribution < 1.29 is 19.5 Å². The van der Waals surface area contributed by atoms with Gasteiger partial charge in [0.1, 0.15) is 6.04 Å². The summed E-state index contributed by atoms with van der Waals surface area (Å²) in [7, 11) is 0. The summed E-state index contributed by atoms with van der Waals surface area (Å²) in [6, 6.07) is 6.83. The summed E-state index contributed by atoms with van der Waals surface area (Å²) in [5.74, 6) is -1.71. The topological polar surface area (TPSA) is 86.7 Å². The monoisotopic (exact) mass is 290 g/mol. The van der Waals surface area contributed by atoms with Crippen LogP contribution in [-0.2, 0) is 14.4 Å². The molecule has 112 valence electrons. The van der Waals surface area contributed by atoms with Crippen LogP contribution in [0, 0.1) is 0 Å². The molecule has 21 heavy (non-hydrogen) atoms. The number of benzene rings is 1. The normalized spacial score (nSPS) is 19.1. The molecule has 6 heteroatoms. The molecule has 2 N–H and O–H groups in total. The molecule has 2 rings (SSSR count). The van der Waals surface area contributed by atoms with Gasteiger partial charge in [0.25, 0.3) is 0 Å². The second-order valence-corrected chi connectivity index (χ2v) is 5.06. The van der Waals surface area contributed by atoms with Gasteiger partial charge in [0.15, 0.2) is 6.04 Å². The number of carbonyl (C=O) groups is 3. The third-order valence-electron chi connectivity index (χ3n) is 3.63. The highest BCUT2D eigenvalue weighted by molar-refractivity contribution is 5.90. The zero-order valence-electron chi connectivity index (χ0n) is 11.8. The fraction of sp³-hybridized carbons (Fsp3) is 0.400. The zero-order chi connectivity index (χ0) is 15.4. The van der Waals surface area contributed by atoms with E-state index in [9.17, 15) is 19.5 Å². The Kier molecular flexibility index (Phi) is 4.57. The molecule has 0 spiro atoms. The smallest absolute Gasteiger partial charge is 0.330 e. The van der Waals surface area contributed by atoms with E-state index in [-0.39, 0.29) is 5.91 Å². The van der Waals surface area contributed by atoms with E-state index in [1.54, 1.807) is 30.3 Å². The van der Waals surface area contributed by atoms with E-state index < -0.39 is 24.0 Å². The molecular weight excluding hydrogens is 272 g/mol. The number of hydrogen-bond donors (Lipinski definition) is 2. The van der Waals surface area contributed by atoms with Crippen molar-refractivity contribution in [1.82, 2.24) is 10.2 Å². The lowest BCUT2D eigenvalue weighted by molar-refractivity contribution is -0.143. The standard InChI is InChI=1S/C15H18N2O4/c1-10(18)17-9-5-8-12(17)14(19)16-13(15(20)21)11-6-3-2-4-7-11/h2-4,6-7,12-13H,5,8-9H2,1H3,(H,16,19)(H,20,21)/t12?,13-/m0/s1.